The van der Waals surface area contributed by atoms with Crippen LogP contribution in [0.2, 0.25) is 0 Å². The van der Waals surface area contributed by atoms with Gasteiger partial charge in [0.2, 0.25) is 0 Å². The first kappa shape index (κ1) is 19.0. The van der Waals surface area contributed by atoms with Crippen molar-refractivity contribution in [2.45, 2.75) is 18.0 Å². The predicted octanol–water partition coefficient (Wildman–Crippen LogP) is 5.25. The Balaban J connectivity index is 2.42. The molecular weight excluding hydrogens is 372 g/mol. The molecule has 0 aliphatic rings. The molecule has 3 nitrogen and oxygen atoms in total. The number of carboxylic acids is 1. The van der Waals surface area contributed by atoms with E-state index in [1.807, 2.05) is 0 Å². The topological polar surface area (TPSA) is 49.3 Å². The van der Waals surface area contributed by atoms with Gasteiger partial charge < -0.3 is 9.83 Å². The average Bonchev–Trinajstić information content (AvgIpc) is 2.51. The van der Waals surface area contributed by atoms with Gasteiger partial charge in [0.05, 0.1) is 5.56 Å². The Morgan fingerprint density at radius 3 is 2.32 bits per heavy atom. The van der Waals surface area contributed by atoms with Gasteiger partial charge in [-0.25, -0.2) is 18.0 Å². The Morgan fingerprint density at radius 1 is 1.12 bits per heavy atom. The molecule has 0 spiro atoms. The molecule has 0 amide bonds. The molecule has 10 heteroatoms. The van der Waals surface area contributed by atoms with Crippen molar-refractivity contribution < 1.29 is 36.2 Å². The zero-order valence-corrected chi connectivity index (χ0v) is 13.2. The third-order valence-electron chi connectivity index (χ3n) is 3.17. The zero-order chi connectivity index (χ0) is 18.9. The molecule has 0 saturated carbocycles. The van der Waals surface area contributed by atoms with Crippen LogP contribution in [0.3, 0.4) is 0 Å². The lowest BCUT2D eigenvalue weighted by atomic mass is 10.1. The molecule has 2 aromatic rings. The number of rotatable bonds is 4. The number of anilines is 1. The second-order valence-electron chi connectivity index (χ2n) is 4.85. The van der Waals surface area contributed by atoms with E-state index in [2.05, 4.69) is 4.72 Å². The number of benzene rings is 2. The number of hydrogen-bond donors (Lipinski definition) is 2. The summed E-state index contributed by atoms with van der Waals surface area (Å²) in [6, 6.07) is 5.13. The number of hydrogen-bond acceptors (Lipinski definition) is 3. The molecule has 2 aromatic carbocycles. The van der Waals surface area contributed by atoms with Gasteiger partial charge >= 0.3 is 12.1 Å². The fourth-order valence-electron chi connectivity index (χ4n) is 1.93. The van der Waals surface area contributed by atoms with E-state index in [9.17, 15) is 31.1 Å². The quantitative estimate of drug-likeness (QED) is 0.561. The minimum absolute atomic E-state index is 0.126. The van der Waals surface area contributed by atoms with Gasteiger partial charge in [-0.3, -0.25) is 0 Å². The minimum atomic E-state index is -5.35. The third kappa shape index (κ3) is 3.84. The van der Waals surface area contributed by atoms with Crippen LogP contribution in [0.15, 0.2) is 29.2 Å². The second kappa shape index (κ2) is 6.87. The highest BCUT2D eigenvalue weighted by Gasteiger charge is 2.41. The van der Waals surface area contributed by atoms with E-state index >= 15 is 0 Å². The van der Waals surface area contributed by atoms with Crippen molar-refractivity contribution in [3.8, 4) is 0 Å². The number of carboxylic acid groups (broad SMARTS) is 1. The molecule has 0 aliphatic carbocycles. The summed E-state index contributed by atoms with van der Waals surface area (Å²) >= 11 is 0.484. The van der Waals surface area contributed by atoms with Crippen LogP contribution in [0.5, 0.6) is 0 Å². The Hall–Kier alpha value is -2.36. The Kier molecular flexibility index (Phi) is 5.21. The van der Waals surface area contributed by atoms with E-state index in [0.717, 1.165) is 13.0 Å². The SMILES string of the molecule is Cc1c(F)c(NSc2cccc(C(=O)O)c2)c(F)c(C(F)(F)F)c1F. The summed E-state index contributed by atoms with van der Waals surface area (Å²) in [4.78, 5) is 11.0. The summed E-state index contributed by atoms with van der Waals surface area (Å²) in [5.41, 5.74) is -4.49. The van der Waals surface area contributed by atoms with Crippen molar-refractivity contribution in [3.05, 3.63) is 58.4 Å². The van der Waals surface area contributed by atoms with Crippen molar-refractivity contribution in [1.29, 1.82) is 0 Å². The monoisotopic (exact) mass is 381 g/mol. The molecule has 25 heavy (non-hydrogen) atoms. The van der Waals surface area contributed by atoms with E-state index in [0.29, 0.717) is 11.9 Å². The van der Waals surface area contributed by atoms with Gasteiger partial charge in [-0.15, -0.1) is 0 Å². The summed E-state index contributed by atoms with van der Waals surface area (Å²) in [6.07, 6.45) is -5.35. The average molecular weight is 381 g/mol. The maximum atomic E-state index is 14.0. The predicted molar refractivity (Wildman–Crippen MR) is 78.9 cm³/mol. The highest BCUT2D eigenvalue weighted by Crippen LogP contribution is 2.40. The number of carbonyl (C=O) groups is 1. The summed E-state index contributed by atoms with van der Waals surface area (Å²) in [7, 11) is 0. The molecule has 0 bridgehead atoms. The maximum Gasteiger partial charge on any atom is 0.422 e. The van der Waals surface area contributed by atoms with E-state index < -0.39 is 46.4 Å². The van der Waals surface area contributed by atoms with Crippen molar-refractivity contribution in [3.63, 3.8) is 0 Å². The van der Waals surface area contributed by atoms with E-state index in [1.165, 1.54) is 18.2 Å². The third-order valence-corrected chi connectivity index (χ3v) is 3.97. The molecule has 0 heterocycles. The van der Waals surface area contributed by atoms with Gasteiger partial charge in [0.25, 0.3) is 0 Å². The van der Waals surface area contributed by atoms with Crippen molar-refractivity contribution in [2.24, 2.45) is 0 Å². The lowest BCUT2D eigenvalue weighted by molar-refractivity contribution is -0.142. The fraction of sp³-hybridized carbons (Fsp3) is 0.133. The van der Waals surface area contributed by atoms with Gasteiger partial charge in [0.1, 0.15) is 17.1 Å². The standard InChI is InChI=1S/C15H9F6NO2S/c1-6-10(16)9(15(19,20)21)12(18)13(11(6)17)22-25-8-4-2-3-7(5-8)14(23)24/h2-5,22H,1H3,(H,23,24). The number of aromatic carboxylic acids is 1. The van der Waals surface area contributed by atoms with Crippen LogP contribution in [0, 0.1) is 24.4 Å². The summed E-state index contributed by atoms with van der Waals surface area (Å²) in [5.74, 6) is -6.90. The molecule has 2 rings (SSSR count). The number of halogens is 6. The first-order valence-corrected chi connectivity index (χ1v) is 7.36. The highest BCUT2D eigenvalue weighted by atomic mass is 32.2. The molecule has 0 atom stereocenters. The number of alkyl halides is 3. The normalized spacial score (nSPS) is 11.5. The first-order chi connectivity index (χ1) is 11.5. The molecule has 0 aromatic heterocycles. The summed E-state index contributed by atoms with van der Waals surface area (Å²) in [6.45, 7) is 0.750. The fourth-order valence-corrected chi connectivity index (χ4v) is 2.66. The maximum absolute atomic E-state index is 14.0. The molecule has 0 radical (unpaired) electrons. The van der Waals surface area contributed by atoms with Crippen LogP contribution in [-0.4, -0.2) is 11.1 Å². The van der Waals surface area contributed by atoms with E-state index in [1.54, 1.807) is 0 Å². The molecule has 0 unspecified atom stereocenters. The second-order valence-corrected chi connectivity index (χ2v) is 5.73. The van der Waals surface area contributed by atoms with Gasteiger partial charge in [0, 0.05) is 10.5 Å². The molecule has 0 saturated heterocycles. The van der Waals surface area contributed by atoms with Crippen LogP contribution in [0.25, 0.3) is 0 Å². The zero-order valence-electron chi connectivity index (χ0n) is 12.3. The van der Waals surface area contributed by atoms with Crippen LogP contribution in [0.4, 0.5) is 32.0 Å². The van der Waals surface area contributed by atoms with E-state index in [-0.39, 0.29) is 10.5 Å². The molecule has 0 fully saturated rings. The van der Waals surface area contributed by atoms with Crippen LogP contribution in [0.1, 0.15) is 21.5 Å². The van der Waals surface area contributed by atoms with Crippen molar-refractivity contribution in [1.82, 2.24) is 0 Å². The molecule has 134 valence electrons. The highest BCUT2D eigenvalue weighted by molar-refractivity contribution is 8.00. The lowest BCUT2D eigenvalue weighted by Gasteiger charge is -2.16. The molecule has 2 N–H and O–H groups in total. The van der Waals surface area contributed by atoms with Crippen molar-refractivity contribution >= 4 is 23.6 Å². The summed E-state index contributed by atoms with van der Waals surface area (Å²) < 4.78 is 82.1. The smallest absolute Gasteiger partial charge is 0.422 e. The molecular formula is C15H9F6NO2S. The van der Waals surface area contributed by atoms with Crippen molar-refractivity contribution in [2.75, 3.05) is 4.72 Å². The first-order valence-electron chi connectivity index (χ1n) is 6.54. The van der Waals surface area contributed by atoms with Crippen LogP contribution < -0.4 is 4.72 Å². The summed E-state index contributed by atoms with van der Waals surface area (Å²) in [5, 5.41) is 8.86. The van der Waals surface area contributed by atoms with Crippen LogP contribution in [-0.2, 0) is 6.18 Å². The van der Waals surface area contributed by atoms with Gasteiger partial charge in [-0.2, -0.15) is 13.2 Å². The van der Waals surface area contributed by atoms with E-state index in [4.69, 9.17) is 5.11 Å². The largest absolute Gasteiger partial charge is 0.478 e. The molecule has 0 aliphatic heterocycles. The number of nitrogens with one attached hydrogen (secondary N) is 1. The van der Waals surface area contributed by atoms with Gasteiger partial charge in [-0.05, 0) is 37.1 Å². The van der Waals surface area contributed by atoms with Crippen LogP contribution >= 0.6 is 11.9 Å². The Bertz CT molecular complexity index is 838. The lowest BCUT2D eigenvalue weighted by Crippen LogP contribution is -2.15. The minimum Gasteiger partial charge on any atom is -0.478 e. The Labute approximate surface area is 141 Å². The van der Waals surface area contributed by atoms with Gasteiger partial charge in [0.15, 0.2) is 11.6 Å². The Morgan fingerprint density at radius 2 is 1.76 bits per heavy atom. The van der Waals surface area contributed by atoms with Gasteiger partial charge in [-0.1, -0.05) is 6.07 Å².